The molecule has 4 rings (SSSR count). The highest BCUT2D eigenvalue weighted by atomic mass is 19.1. The fourth-order valence-corrected chi connectivity index (χ4v) is 3.90. The zero-order chi connectivity index (χ0) is 25.9. The van der Waals surface area contributed by atoms with Crippen molar-refractivity contribution in [2.24, 2.45) is 5.41 Å². The summed E-state index contributed by atoms with van der Waals surface area (Å²) in [6, 6.07) is 7.69. The van der Waals surface area contributed by atoms with E-state index in [4.69, 9.17) is 0 Å². The standard InChI is InChI=1S/C27H28FN5O3/c1-27(2,17-34)11-10-18-6-7-20-8-9-22(25(35)32(3)23(20)14-18)31-26(36)33-16-19(15-30-33)13-21-5-4-12-29-24(21)28/h4-7,12,14-16,22,34H,8-9,13,17H2,1-3H3,(H,31,36). The fourth-order valence-electron chi connectivity index (χ4n) is 3.90. The molecule has 0 spiro atoms. The van der Waals surface area contributed by atoms with Crippen molar-refractivity contribution in [1.29, 1.82) is 0 Å². The van der Waals surface area contributed by atoms with Gasteiger partial charge in [0.05, 0.1) is 12.8 Å². The van der Waals surface area contributed by atoms with Crippen molar-refractivity contribution in [3.63, 3.8) is 0 Å². The van der Waals surface area contributed by atoms with E-state index in [2.05, 4.69) is 27.2 Å². The molecule has 36 heavy (non-hydrogen) atoms. The number of halogens is 1. The highest BCUT2D eigenvalue weighted by Gasteiger charge is 2.30. The number of pyridine rings is 1. The van der Waals surface area contributed by atoms with Crippen LogP contribution in [0.3, 0.4) is 0 Å². The van der Waals surface area contributed by atoms with Gasteiger partial charge in [0.1, 0.15) is 6.04 Å². The van der Waals surface area contributed by atoms with E-state index in [1.165, 1.54) is 23.5 Å². The van der Waals surface area contributed by atoms with Crippen LogP contribution in [0.1, 0.15) is 42.5 Å². The molecule has 8 nitrogen and oxygen atoms in total. The lowest BCUT2D eigenvalue weighted by Crippen LogP contribution is -2.48. The van der Waals surface area contributed by atoms with Crippen molar-refractivity contribution >= 4 is 17.6 Å². The maximum Gasteiger partial charge on any atom is 0.342 e. The van der Waals surface area contributed by atoms with Gasteiger partial charge in [-0.25, -0.2) is 9.78 Å². The van der Waals surface area contributed by atoms with E-state index in [0.29, 0.717) is 24.0 Å². The first kappa shape index (κ1) is 25.1. The molecule has 3 heterocycles. The number of carbonyl (C=O) groups excluding carboxylic acids is 2. The van der Waals surface area contributed by atoms with Gasteiger partial charge in [-0.2, -0.15) is 14.2 Å². The second kappa shape index (κ2) is 10.3. The molecule has 1 unspecified atom stereocenters. The molecule has 2 amide bonds. The van der Waals surface area contributed by atoms with Gasteiger partial charge in [0.15, 0.2) is 0 Å². The van der Waals surface area contributed by atoms with E-state index in [-0.39, 0.29) is 18.9 Å². The van der Waals surface area contributed by atoms with Gasteiger partial charge in [0.25, 0.3) is 0 Å². The molecule has 0 bridgehead atoms. The fraction of sp³-hybridized carbons (Fsp3) is 0.333. The van der Waals surface area contributed by atoms with Gasteiger partial charge >= 0.3 is 6.03 Å². The molecular formula is C27H28FN5O3. The van der Waals surface area contributed by atoms with E-state index in [1.807, 2.05) is 32.0 Å². The third-order valence-electron chi connectivity index (χ3n) is 6.09. The smallest absolute Gasteiger partial charge is 0.342 e. The molecule has 1 aromatic carbocycles. The van der Waals surface area contributed by atoms with Crippen LogP contribution in [0.15, 0.2) is 48.9 Å². The summed E-state index contributed by atoms with van der Waals surface area (Å²) >= 11 is 0. The Kier molecular flexibility index (Phi) is 7.17. The van der Waals surface area contributed by atoms with Crippen LogP contribution in [0.5, 0.6) is 0 Å². The molecule has 3 aromatic rings. The number of amides is 2. The number of anilines is 1. The van der Waals surface area contributed by atoms with Crippen LogP contribution < -0.4 is 10.2 Å². The summed E-state index contributed by atoms with van der Waals surface area (Å²) in [6.07, 6.45) is 5.65. The van der Waals surface area contributed by atoms with Crippen LogP contribution in [-0.2, 0) is 17.6 Å². The number of nitrogens with zero attached hydrogens (tertiary/aromatic N) is 4. The quantitative estimate of drug-likeness (QED) is 0.434. The predicted octanol–water partition coefficient (Wildman–Crippen LogP) is 2.91. The number of aromatic nitrogens is 3. The lowest BCUT2D eigenvalue weighted by molar-refractivity contribution is -0.120. The van der Waals surface area contributed by atoms with Crippen molar-refractivity contribution in [2.45, 2.75) is 39.2 Å². The van der Waals surface area contributed by atoms with Gasteiger partial charge in [-0.1, -0.05) is 24.0 Å². The number of carbonyl (C=O) groups is 2. The van der Waals surface area contributed by atoms with Crippen LogP contribution in [0.2, 0.25) is 0 Å². The molecule has 1 atom stereocenters. The zero-order valence-corrected chi connectivity index (χ0v) is 20.5. The second-order valence-corrected chi connectivity index (χ2v) is 9.50. The first-order valence-corrected chi connectivity index (χ1v) is 11.7. The Labute approximate surface area is 209 Å². The molecule has 0 saturated carbocycles. The number of benzene rings is 1. The number of rotatable bonds is 4. The van der Waals surface area contributed by atoms with Crippen molar-refractivity contribution in [3.05, 3.63) is 77.1 Å². The Morgan fingerprint density at radius 2 is 2.14 bits per heavy atom. The Morgan fingerprint density at radius 1 is 1.33 bits per heavy atom. The molecule has 9 heteroatoms. The van der Waals surface area contributed by atoms with Crippen LogP contribution in [-0.4, -0.2) is 51.5 Å². The lowest BCUT2D eigenvalue weighted by atomic mass is 9.95. The predicted molar refractivity (Wildman–Crippen MR) is 133 cm³/mol. The van der Waals surface area contributed by atoms with Gasteiger partial charge in [-0.05, 0) is 56.0 Å². The molecule has 0 fully saturated rings. The maximum atomic E-state index is 13.8. The van der Waals surface area contributed by atoms with Crippen molar-refractivity contribution in [3.8, 4) is 11.8 Å². The monoisotopic (exact) mass is 489 g/mol. The maximum absolute atomic E-state index is 13.8. The largest absolute Gasteiger partial charge is 0.395 e. The number of hydrogen-bond acceptors (Lipinski definition) is 5. The minimum Gasteiger partial charge on any atom is -0.395 e. The highest BCUT2D eigenvalue weighted by molar-refractivity contribution is 6.00. The van der Waals surface area contributed by atoms with Gasteiger partial charge in [0.2, 0.25) is 11.9 Å². The van der Waals surface area contributed by atoms with Crippen LogP contribution in [0, 0.1) is 23.2 Å². The number of nitrogens with one attached hydrogen (secondary N) is 1. The first-order chi connectivity index (χ1) is 17.2. The van der Waals surface area contributed by atoms with Crippen LogP contribution in [0.25, 0.3) is 0 Å². The van der Waals surface area contributed by atoms with Crippen molar-refractivity contribution < 1.29 is 19.1 Å². The summed E-state index contributed by atoms with van der Waals surface area (Å²) in [6.45, 7) is 3.65. The van der Waals surface area contributed by atoms with Crippen LogP contribution >= 0.6 is 0 Å². The average Bonchev–Trinajstić information content (AvgIpc) is 3.30. The van der Waals surface area contributed by atoms with E-state index in [1.54, 1.807) is 19.2 Å². The van der Waals surface area contributed by atoms with E-state index < -0.39 is 23.4 Å². The highest BCUT2D eigenvalue weighted by Crippen LogP contribution is 2.27. The lowest BCUT2D eigenvalue weighted by Gasteiger charge is -2.22. The number of fused-ring (bicyclic) bond motifs is 1. The second-order valence-electron chi connectivity index (χ2n) is 9.50. The Balaban J connectivity index is 1.46. The number of likely N-dealkylation sites (N-methyl/N-ethyl adjacent to an activating group) is 1. The molecule has 1 aliphatic heterocycles. The third kappa shape index (κ3) is 5.61. The van der Waals surface area contributed by atoms with E-state index in [0.717, 1.165) is 21.5 Å². The molecule has 0 aliphatic carbocycles. The molecule has 1 aliphatic rings. The minimum absolute atomic E-state index is 0.0528. The summed E-state index contributed by atoms with van der Waals surface area (Å²) in [5, 5.41) is 16.3. The summed E-state index contributed by atoms with van der Waals surface area (Å²) in [5.41, 5.74) is 2.99. The Bertz CT molecular complexity index is 1350. The van der Waals surface area contributed by atoms with Crippen LogP contribution in [0.4, 0.5) is 14.9 Å². The van der Waals surface area contributed by atoms with Crippen molar-refractivity contribution in [1.82, 2.24) is 20.1 Å². The summed E-state index contributed by atoms with van der Waals surface area (Å²) < 4.78 is 15.0. The van der Waals surface area contributed by atoms with E-state index >= 15 is 0 Å². The van der Waals surface area contributed by atoms with Gasteiger partial charge in [0, 0.05) is 48.1 Å². The zero-order valence-electron chi connectivity index (χ0n) is 20.5. The van der Waals surface area contributed by atoms with Gasteiger partial charge in [-0.15, -0.1) is 0 Å². The number of aliphatic hydroxyl groups is 1. The third-order valence-corrected chi connectivity index (χ3v) is 6.09. The molecule has 0 radical (unpaired) electrons. The molecule has 186 valence electrons. The normalized spacial score (nSPS) is 15.5. The van der Waals surface area contributed by atoms with Gasteiger partial charge < -0.3 is 15.3 Å². The summed E-state index contributed by atoms with van der Waals surface area (Å²) in [5.74, 6) is 5.32. The molecular weight excluding hydrogens is 461 g/mol. The number of aryl methyl sites for hydroxylation is 1. The summed E-state index contributed by atoms with van der Waals surface area (Å²) in [7, 11) is 1.68. The molecule has 2 aromatic heterocycles. The number of hydrogen-bond donors (Lipinski definition) is 2. The summed E-state index contributed by atoms with van der Waals surface area (Å²) in [4.78, 5) is 31.2. The van der Waals surface area contributed by atoms with Gasteiger partial charge in [-0.3, -0.25) is 4.79 Å². The molecule has 0 saturated heterocycles. The number of aliphatic hydroxyl groups excluding tert-OH is 1. The Hall–Kier alpha value is -4.03. The first-order valence-electron chi connectivity index (χ1n) is 11.7. The molecule has 2 N–H and O–H groups in total. The van der Waals surface area contributed by atoms with Crippen molar-refractivity contribution in [2.75, 3.05) is 18.6 Å². The SMILES string of the molecule is CN1C(=O)C(NC(=O)n2cc(Cc3cccnc3F)cn2)CCc2ccc(C#CC(C)(C)CO)cc21. The topological polar surface area (TPSA) is 100 Å². The minimum atomic E-state index is -0.735. The Morgan fingerprint density at radius 3 is 2.89 bits per heavy atom. The van der Waals surface area contributed by atoms with E-state index in [9.17, 15) is 19.1 Å². The average molecular weight is 490 g/mol.